The fourth-order valence-corrected chi connectivity index (χ4v) is 2.29. The van der Waals surface area contributed by atoms with E-state index in [0.717, 1.165) is 5.56 Å². The molecule has 1 amide bonds. The maximum Gasteiger partial charge on any atom is 0.407 e. The Labute approximate surface area is 150 Å². The Balaban J connectivity index is 1.75. The topological polar surface area (TPSA) is 75.6 Å². The lowest BCUT2D eigenvalue weighted by Gasteiger charge is -2.06. The van der Waals surface area contributed by atoms with Crippen molar-refractivity contribution in [3.63, 3.8) is 0 Å². The van der Waals surface area contributed by atoms with E-state index < -0.39 is 12.1 Å². The molecule has 0 fully saturated rings. The number of carbonyl (C=O) groups is 2. The molecule has 0 bridgehead atoms. The van der Waals surface area contributed by atoms with Crippen LogP contribution in [0.25, 0.3) is 6.08 Å². The van der Waals surface area contributed by atoms with E-state index >= 15 is 0 Å². The van der Waals surface area contributed by atoms with Gasteiger partial charge < -0.3 is 15.2 Å². The van der Waals surface area contributed by atoms with Gasteiger partial charge in [0.25, 0.3) is 0 Å². The summed E-state index contributed by atoms with van der Waals surface area (Å²) < 4.78 is 5.09. The predicted octanol–water partition coefficient (Wildman–Crippen LogP) is 4.37. The molecule has 5 nitrogen and oxygen atoms in total. The third kappa shape index (κ3) is 6.31. The highest BCUT2D eigenvalue weighted by atomic mass is 35.5. The summed E-state index contributed by atoms with van der Waals surface area (Å²) in [6.45, 7) is 0.597. The number of halogens is 1. The monoisotopic (exact) mass is 359 g/mol. The zero-order valence-corrected chi connectivity index (χ0v) is 14.2. The lowest BCUT2D eigenvalue weighted by Crippen LogP contribution is -2.24. The van der Waals surface area contributed by atoms with Crippen LogP contribution in [0.4, 0.5) is 4.79 Å². The average Bonchev–Trinajstić information content (AvgIpc) is 2.60. The van der Waals surface area contributed by atoms with Crippen molar-refractivity contribution in [2.75, 3.05) is 6.54 Å². The molecular formula is C19H18ClNO4. The second-order valence-electron chi connectivity index (χ2n) is 5.22. The minimum atomic E-state index is -1.01. The minimum Gasteiger partial charge on any atom is -0.478 e. The van der Waals surface area contributed by atoms with Crippen molar-refractivity contribution in [2.45, 2.75) is 13.0 Å². The van der Waals surface area contributed by atoms with Gasteiger partial charge in [-0.15, -0.1) is 0 Å². The Morgan fingerprint density at radius 3 is 2.64 bits per heavy atom. The number of hydrogen-bond donors (Lipinski definition) is 2. The molecular weight excluding hydrogens is 342 g/mol. The first-order chi connectivity index (χ1) is 12.1. The second kappa shape index (κ2) is 9.49. The first kappa shape index (κ1) is 18.5. The molecule has 0 aliphatic rings. The number of carboxylic acids is 1. The summed E-state index contributed by atoms with van der Waals surface area (Å²) in [6.07, 6.45) is 3.49. The van der Waals surface area contributed by atoms with Crippen LogP contribution in [0.15, 0.2) is 54.6 Å². The lowest BCUT2D eigenvalue weighted by atomic mass is 10.1. The quantitative estimate of drug-likeness (QED) is 0.720. The zero-order chi connectivity index (χ0) is 18.1. The van der Waals surface area contributed by atoms with E-state index in [0.29, 0.717) is 23.6 Å². The number of nitrogens with one attached hydrogen (secondary N) is 1. The molecule has 0 aromatic heterocycles. The summed E-state index contributed by atoms with van der Waals surface area (Å²) in [5, 5.41) is 12.2. The molecule has 0 saturated heterocycles. The van der Waals surface area contributed by atoms with E-state index in [4.69, 9.17) is 21.4 Å². The molecule has 0 atom stereocenters. The van der Waals surface area contributed by atoms with Crippen LogP contribution in [0.1, 0.15) is 27.9 Å². The second-order valence-corrected chi connectivity index (χ2v) is 5.65. The molecule has 2 N–H and O–H groups in total. The summed E-state index contributed by atoms with van der Waals surface area (Å²) in [6, 6.07) is 14.0. The number of carboxylic acid groups (broad SMARTS) is 1. The van der Waals surface area contributed by atoms with Crippen molar-refractivity contribution in [3.8, 4) is 0 Å². The number of ether oxygens (including phenoxy) is 1. The van der Waals surface area contributed by atoms with Crippen LogP contribution in [0, 0.1) is 0 Å². The van der Waals surface area contributed by atoms with Crippen molar-refractivity contribution in [1.82, 2.24) is 5.32 Å². The average molecular weight is 360 g/mol. The van der Waals surface area contributed by atoms with Crippen molar-refractivity contribution in [2.24, 2.45) is 0 Å². The molecule has 25 heavy (non-hydrogen) atoms. The van der Waals surface area contributed by atoms with Gasteiger partial charge >= 0.3 is 12.1 Å². The molecule has 0 saturated carbocycles. The van der Waals surface area contributed by atoms with Crippen molar-refractivity contribution in [1.29, 1.82) is 0 Å². The highest BCUT2D eigenvalue weighted by Crippen LogP contribution is 2.17. The number of aromatic carboxylic acids is 1. The summed E-state index contributed by atoms with van der Waals surface area (Å²) >= 11 is 5.89. The van der Waals surface area contributed by atoms with E-state index in [9.17, 15) is 9.59 Å². The van der Waals surface area contributed by atoms with E-state index in [-0.39, 0.29) is 12.2 Å². The molecule has 0 radical (unpaired) electrons. The summed E-state index contributed by atoms with van der Waals surface area (Å²) in [5.41, 5.74) is 1.61. The predicted molar refractivity (Wildman–Crippen MR) is 96.7 cm³/mol. The molecule has 0 spiro atoms. The molecule has 6 heteroatoms. The van der Waals surface area contributed by atoms with Gasteiger partial charge in [0.1, 0.15) is 6.61 Å². The van der Waals surface area contributed by atoms with Crippen LogP contribution in [-0.2, 0) is 11.3 Å². The Hall–Kier alpha value is -2.79. The molecule has 2 aromatic rings. The van der Waals surface area contributed by atoms with Gasteiger partial charge in [0.15, 0.2) is 0 Å². The number of amides is 1. The van der Waals surface area contributed by atoms with E-state index in [1.54, 1.807) is 18.2 Å². The van der Waals surface area contributed by atoms with Crippen LogP contribution in [-0.4, -0.2) is 23.7 Å². The number of hydrogen-bond acceptors (Lipinski definition) is 3. The third-order valence-electron chi connectivity index (χ3n) is 3.33. The van der Waals surface area contributed by atoms with Crippen molar-refractivity contribution in [3.05, 3.63) is 76.3 Å². The van der Waals surface area contributed by atoms with Crippen LogP contribution >= 0.6 is 11.6 Å². The van der Waals surface area contributed by atoms with Crippen molar-refractivity contribution >= 4 is 29.7 Å². The molecule has 0 aliphatic heterocycles. The van der Waals surface area contributed by atoms with Gasteiger partial charge in [-0.1, -0.05) is 54.1 Å². The molecule has 2 aromatic carbocycles. The molecule has 0 aliphatic carbocycles. The standard InChI is InChI=1S/C19H18ClNO4/c20-16-9-10-17(18(22)23)15(12-16)8-4-5-11-21-19(24)25-13-14-6-2-1-3-7-14/h1-4,6-10,12H,5,11,13H2,(H,21,24)(H,22,23). The molecule has 0 unspecified atom stereocenters. The Morgan fingerprint density at radius 1 is 1.16 bits per heavy atom. The van der Waals surface area contributed by atoms with Gasteiger partial charge in [-0.3, -0.25) is 0 Å². The Bertz CT molecular complexity index is 759. The van der Waals surface area contributed by atoms with Gasteiger partial charge in [0.05, 0.1) is 5.56 Å². The van der Waals surface area contributed by atoms with Crippen molar-refractivity contribution < 1.29 is 19.4 Å². The fourth-order valence-electron chi connectivity index (χ4n) is 2.11. The van der Waals surface area contributed by atoms with Crippen LogP contribution < -0.4 is 5.32 Å². The van der Waals surface area contributed by atoms with Crippen LogP contribution in [0.5, 0.6) is 0 Å². The molecule has 2 rings (SSSR count). The van der Waals surface area contributed by atoms with Gasteiger partial charge in [-0.25, -0.2) is 9.59 Å². The van der Waals surface area contributed by atoms with Gasteiger partial charge in [-0.2, -0.15) is 0 Å². The first-order valence-electron chi connectivity index (χ1n) is 7.70. The maximum atomic E-state index is 11.6. The zero-order valence-electron chi connectivity index (χ0n) is 13.4. The fraction of sp³-hybridized carbons (Fsp3) is 0.158. The SMILES string of the molecule is O=C(NCCC=Cc1cc(Cl)ccc1C(=O)O)OCc1ccccc1. The highest BCUT2D eigenvalue weighted by Gasteiger charge is 2.07. The summed E-state index contributed by atoms with van der Waals surface area (Å²) in [5.74, 6) is -1.01. The number of benzene rings is 2. The Kier molecular flexibility index (Phi) is 7.04. The largest absolute Gasteiger partial charge is 0.478 e. The van der Waals surface area contributed by atoms with Crippen LogP contribution in [0.3, 0.4) is 0 Å². The number of carbonyl (C=O) groups excluding carboxylic acids is 1. The smallest absolute Gasteiger partial charge is 0.407 e. The van der Waals surface area contributed by atoms with Gasteiger partial charge in [0.2, 0.25) is 0 Å². The number of rotatable bonds is 7. The van der Waals surface area contributed by atoms with E-state index in [1.807, 2.05) is 30.3 Å². The maximum absolute atomic E-state index is 11.6. The number of alkyl carbamates (subject to hydrolysis) is 1. The molecule has 130 valence electrons. The lowest BCUT2D eigenvalue weighted by molar-refractivity contribution is 0.0696. The van der Waals surface area contributed by atoms with E-state index in [2.05, 4.69) is 5.32 Å². The Morgan fingerprint density at radius 2 is 1.92 bits per heavy atom. The van der Waals surface area contributed by atoms with Gasteiger partial charge in [-0.05, 0) is 35.7 Å². The summed E-state index contributed by atoms with van der Waals surface area (Å²) in [4.78, 5) is 22.7. The highest BCUT2D eigenvalue weighted by molar-refractivity contribution is 6.30. The molecule has 0 heterocycles. The third-order valence-corrected chi connectivity index (χ3v) is 3.57. The first-order valence-corrected chi connectivity index (χ1v) is 8.08. The summed E-state index contributed by atoms with van der Waals surface area (Å²) in [7, 11) is 0. The normalized spacial score (nSPS) is 10.6. The minimum absolute atomic E-state index is 0.177. The van der Waals surface area contributed by atoms with Gasteiger partial charge in [0, 0.05) is 11.6 Å². The van der Waals surface area contributed by atoms with E-state index in [1.165, 1.54) is 12.1 Å². The van der Waals surface area contributed by atoms with Crippen LogP contribution in [0.2, 0.25) is 5.02 Å².